The van der Waals surface area contributed by atoms with E-state index in [0.29, 0.717) is 18.9 Å². The Morgan fingerprint density at radius 1 is 1.16 bits per heavy atom. The fraction of sp³-hybridized carbons (Fsp3) is 0.292. The van der Waals surface area contributed by atoms with Gasteiger partial charge in [-0.25, -0.2) is 5.01 Å². The maximum absolute atomic E-state index is 13.7. The van der Waals surface area contributed by atoms with Crippen molar-refractivity contribution in [3.63, 3.8) is 0 Å². The van der Waals surface area contributed by atoms with Crippen LogP contribution in [0.25, 0.3) is 10.9 Å². The molecule has 3 aromatic rings. The number of benzene rings is 2. The van der Waals surface area contributed by atoms with Crippen LogP contribution in [0.4, 0.5) is 0 Å². The number of piperazine rings is 1. The van der Waals surface area contributed by atoms with Crippen molar-refractivity contribution in [3.8, 4) is 5.75 Å². The number of rotatable bonds is 4. The number of carbonyl (C=O) groups excluding carboxylic acids is 2. The Morgan fingerprint density at radius 2 is 1.94 bits per heavy atom. The van der Waals surface area contributed by atoms with Crippen LogP contribution in [-0.2, 0) is 21.5 Å². The van der Waals surface area contributed by atoms with E-state index in [4.69, 9.17) is 4.74 Å². The summed E-state index contributed by atoms with van der Waals surface area (Å²) in [5, 5.41) is 6.79. The lowest BCUT2D eigenvalue weighted by atomic mass is 9.83. The molecule has 2 aromatic carbocycles. The van der Waals surface area contributed by atoms with Crippen LogP contribution in [-0.4, -0.2) is 52.6 Å². The molecule has 158 valence electrons. The smallest absolute Gasteiger partial charge is 0.275 e. The molecule has 5 rings (SSSR count). The van der Waals surface area contributed by atoms with Gasteiger partial charge >= 0.3 is 0 Å². The number of para-hydroxylation sites is 2. The first-order valence-electron chi connectivity index (χ1n) is 10.5. The minimum absolute atomic E-state index is 0.0721. The Labute approximate surface area is 180 Å². The number of hydrazone groups is 1. The minimum atomic E-state index is -1.11. The fourth-order valence-electron chi connectivity index (χ4n) is 4.69. The van der Waals surface area contributed by atoms with Crippen molar-refractivity contribution in [2.75, 3.05) is 19.7 Å². The fourth-order valence-corrected chi connectivity index (χ4v) is 4.69. The van der Waals surface area contributed by atoms with Gasteiger partial charge in [0.25, 0.3) is 5.91 Å². The van der Waals surface area contributed by atoms with Crippen molar-refractivity contribution in [1.29, 1.82) is 0 Å². The molecule has 0 radical (unpaired) electrons. The SMILES string of the molecule is CCOc1ccccc1/C=N/N1CC(=O)N2CCc3c([nH]c4ccccc34)[C@]2(C)C1=O. The molecule has 0 bridgehead atoms. The van der Waals surface area contributed by atoms with E-state index < -0.39 is 5.54 Å². The summed E-state index contributed by atoms with van der Waals surface area (Å²) in [5.41, 5.74) is 2.50. The Kier molecular flexibility index (Phi) is 4.54. The lowest BCUT2D eigenvalue weighted by Crippen LogP contribution is -2.65. The van der Waals surface area contributed by atoms with Crippen molar-refractivity contribution in [1.82, 2.24) is 14.9 Å². The summed E-state index contributed by atoms with van der Waals surface area (Å²) in [6, 6.07) is 15.5. The average Bonchev–Trinajstić information content (AvgIpc) is 3.17. The van der Waals surface area contributed by atoms with Crippen LogP contribution in [0.15, 0.2) is 53.6 Å². The largest absolute Gasteiger partial charge is 0.493 e. The highest BCUT2D eigenvalue weighted by Gasteiger charge is 2.54. The van der Waals surface area contributed by atoms with Gasteiger partial charge in [-0.05, 0) is 44.0 Å². The Balaban J connectivity index is 1.54. The third kappa shape index (κ3) is 2.91. The van der Waals surface area contributed by atoms with Crippen molar-refractivity contribution >= 4 is 28.9 Å². The van der Waals surface area contributed by atoms with Gasteiger partial charge in [-0.1, -0.05) is 30.3 Å². The third-order valence-electron chi connectivity index (χ3n) is 6.22. The molecule has 2 aliphatic rings. The van der Waals surface area contributed by atoms with E-state index in [1.54, 1.807) is 11.1 Å². The number of aromatic amines is 1. The molecule has 3 heterocycles. The molecule has 0 aliphatic carbocycles. The molecule has 1 N–H and O–H groups in total. The van der Waals surface area contributed by atoms with Crippen LogP contribution in [0.5, 0.6) is 5.75 Å². The summed E-state index contributed by atoms with van der Waals surface area (Å²) < 4.78 is 5.64. The maximum Gasteiger partial charge on any atom is 0.275 e. The maximum atomic E-state index is 13.7. The number of amides is 2. The van der Waals surface area contributed by atoms with E-state index in [1.807, 2.05) is 56.3 Å². The van der Waals surface area contributed by atoms with E-state index in [1.165, 1.54) is 5.01 Å². The summed E-state index contributed by atoms with van der Waals surface area (Å²) in [4.78, 5) is 31.8. The Hall–Kier alpha value is -3.61. The molecular formula is C24H24N4O3. The number of nitrogens with one attached hydrogen (secondary N) is 1. The summed E-state index contributed by atoms with van der Waals surface area (Å²) in [7, 11) is 0. The molecule has 7 nitrogen and oxygen atoms in total. The molecule has 1 saturated heterocycles. The second-order valence-electron chi connectivity index (χ2n) is 7.97. The number of ether oxygens (including phenoxy) is 1. The molecule has 1 atom stereocenters. The predicted octanol–water partition coefficient (Wildman–Crippen LogP) is 3.04. The highest BCUT2D eigenvalue weighted by molar-refractivity contribution is 6.01. The normalized spacial score (nSPS) is 21.0. The van der Waals surface area contributed by atoms with Gasteiger partial charge in [0.2, 0.25) is 5.91 Å². The highest BCUT2D eigenvalue weighted by Crippen LogP contribution is 2.41. The van der Waals surface area contributed by atoms with Crippen LogP contribution >= 0.6 is 0 Å². The number of H-pyrrole nitrogens is 1. The number of hydrogen-bond donors (Lipinski definition) is 1. The molecule has 0 unspecified atom stereocenters. The zero-order valence-corrected chi connectivity index (χ0v) is 17.6. The lowest BCUT2D eigenvalue weighted by Gasteiger charge is -2.48. The average molecular weight is 416 g/mol. The van der Waals surface area contributed by atoms with E-state index in [0.717, 1.165) is 34.1 Å². The Morgan fingerprint density at radius 3 is 2.77 bits per heavy atom. The van der Waals surface area contributed by atoms with Gasteiger partial charge in [-0.15, -0.1) is 0 Å². The molecule has 31 heavy (non-hydrogen) atoms. The summed E-state index contributed by atoms with van der Waals surface area (Å²) in [6.07, 6.45) is 2.31. The molecule has 1 fully saturated rings. The summed E-state index contributed by atoms with van der Waals surface area (Å²) >= 11 is 0. The van der Waals surface area contributed by atoms with Crippen LogP contribution in [0, 0.1) is 0 Å². The number of fused-ring (bicyclic) bond motifs is 5. The molecule has 1 aromatic heterocycles. The van der Waals surface area contributed by atoms with E-state index in [2.05, 4.69) is 16.2 Å². The second-order valence-corrected chi connectivity index (χ2v) is 7.97. The van der Waals surface area contributed by atoms with Crippen LogP contribution in [0.2, 0.25) is 0 Å². The first-order valence-corrected chi connectivity index (χ1v) is 10.5. The van der Waals surface area contributed by atoms with Crippen molar-refractivity contribution in [2.45, 2.75) is 25.8 Å². The molecule has 0 saturated carbocycles. The highest BCUT2D eigenvalue weighted by atomic mass is 16.5. The molecular weight excluding hydrogens is 392 g/mol. The van der Waals surface area contributed by atoms with Gasteiger partial charge < -0.3 is 14.6 Å². The number of carbonyl (C=O) groups is 2. The van der Waals surface area contributed by atoms with Crippen LogP contribution < -0.4 is 4.74 Å². The molecule has 0 spiro atoms. The first-order chi connectivity index (χ1) is 15.0. The lowest BCUT2D eigenvalue weighted by molar-refractivity contribution is -0.165. The van der Waals surface area contributed by atoms with Crippen molar-refractivity contribution in [3.05, 3.63) is 65.4 Å². The first kappa shape index (κ1) is 19.4. The molecule has 2 amide bonds. The summed E-state index contributed by atoms with van der Waals surface area (Å²) in [5.74, 6) is 0.360. The standard InChI is InChI=1S/C24H24N4O3/c1-3-31-20-11-7-4-8-16(20)14-25-28-15-21(29)27-13-12-18-17-9-5-6-10-19(17)26-22(18)24(27,2)23(28)30/h4-11,14,26H,3,12-13,15H2,1-2H3/b25-14+/t24-/m1/s1. The minimum Gasteiger partial charge on any atom is -0.493 e. The van der Waals surface area contributed by atoms with Gasteiger partial charge in [0.1, 0.15) is 12.3 Å². The van der Waals surface area contributed by atoms with Crippen LogP contribution in [0.3, 0.4) is 0 Å². The van der Waals surface area contributed by atoms with Crippen molar-refractivity contribution in [2.24, 2.45) is 5.10 Å². The number of hydrogen-bond acceptors (Lipinski definition) is 4. The van der Waals surface area contributed by atoms with Crippen molar-refractivity contribution < 1.29 is 14.3 Å². The van der Waals surface area contributed by atoms with Gasteiger partial charge in [0, 0.05) is 23.0 Å². The Bertz CT molecular complexity index is 1210. The van der Waals surface area contributed by atoms with Gasteiger partial charge in [-0.2, -0.15) is 5.10 Å². The zero-order chi connectivity index (χ0) is 21.6. The zero-order valence-electron chi connectivity index (χ0n) is 17.6. The monoisotopic (exact) mass is 416 g/mol. The third-order valence-corrected chi connectivity index (χ3v) is 6.22. The molecule has 7 heteroatoms. The van der Waals surface area contributed by atoms with Crippen LogP contribution in [0.1, 0.15) is 30.7 Å². The quantitative estimate of drug-likeness (QED) is 0.664. The van der Waals surface area contributed by atoms with Gasteiger partial charge in [-0.3, -0.25) is 9.59 Å². The van der Waals surface area contributed by atoms with E-state index in [-0.39, 0.29) is 18.4 Å². The summed E-state index contributed by atoms with van der Waals surface area (Å²) in [6.45, 7) is 4.70. The second kappa shape index (κ2) is 7.27. The van der Waals surface area contributed by atoms with Gasteiger partial charge in [0.15, 0.2) is 5.54 Å². The topological polar surface area (TPSA) is 78.0 Å². The molecule has 2 aliphatic heterocycles. The van der Waals surface area contributed by atoms with E-state index >= 15 is 0 Å². The number of nitrogens with zero attached hydrogens (tertiary/aromatic N) is 3. The number of aromatic nitrogens is 1. The predicted molar refractivity (Wildman–Crippen MR) is 118 cm³/mol. The van der Waals surface area contributed by atoms with E-state index in [9.17, 15) is 9.59 Å². The van der Waals surface area contributed by atoms with Gasteiger partial charge in [0.05, 0.1) is 18.5 Å².